The number of thiazole rings is 1. The second-order valence-corrected chi connectivity index (χ2v) is 8.79. The summed E-state index contributed by atoms with van der Waals surface area (Å²) in [5, 5.41) is 5.31. The first-order chi connectivity index (χ1) is 15.1. The molecular formula is C22H29N5O3S. The zero-order chi connectivity index (χ0) is 21.6. The highest BCUT2D eigenvalue weighted by molar-refractivity contribution is 7.14. The fourth-order valence-corrected chi connectivity index (χ4v) is 4.79. The average molecular weight is 444 g/mol. The van der Waals surface area contributed by atoms with E-state index in [1.54, 1.807) is 4.90 Å². The predicted molar refractivity (Wildman–Crippen MR) is 120 cm³/mol. The Bertz CT molecular complexity index is 884. The smallest absolute Gasteiger partial charge is 0.323 e. The summed E-state index contributed by atoms with van der Waals surface area (Å²) in [4.78, 5) is 35.7. The SMILES string of the molecule is CC(CN1CCOCC1)N(Cc1ccccc1)C(=O)Cc1csc(N2CCNC2=O)n1. The highest BCUT2D eigenvalue weighted by Gasteiger charge is 2.26. The molecule has 1 aromatic heterocycles. The largest absolute Gasteiger partial charge is 0.379 e. The Balaban J connectivity index is 1.45. The van der Waals surface area contributed by atoms with Crippen LogP contribution in [0.5, 0.6) is 0 Å². The van der Waals surface area contributed by atoms with Gasteiger partial charge in [0, 0.05) is 50.7 Å². The number of hydrogen-bond acceptors (Lipinski definition) is 6. The summed E-state index contributed by atoms with van der Waals surface area (Å²) in [5.74, 6) is 0.0485. The molecule has 2 saturated heterocycles. The van der Waals surface area contributed by atoms with Crippen molar-refractivity contribution in [2.24, 2.45) is 0 Å². The number of aromatic nitrogens is 1. The highest BCUT2D eigenvalue weighted by atomic mass is 32.1. The minimum absolute atomic E-state index is 0.0485. The van der Waals surface area contributed by atoms with Gasteiger partial charge in [-0.1, -0.05) is 30.3 Å². The fraction of sp³-hybridized carbons (Fsp3) is 0.500. The molecule has 2 fully saturated rings. The molecule has 0 spiro atoms. The van der Waals surface area contributed by atoms with E-state index in [1.807, 2.05) is 28.5 Å². The quantitative estimate of drug-likeness (QED) is 0.675. The van der Waals surface area contributed by atoms with E-state index < -0.39 is 0 Å². The monoisotopic (exact) mass is 443 g/mol. The first kappa shape index (κ1) is 21.7. The molecule has 1 atom stereocenters. The Morgan fingerprint density at radius 1 is 1.26 bits per heavy atom. The molecule has 0 radical (unpaired) electrons. The van der Waals surface area contributed by atoms with Crippen LogP contribution in [0.4, 0.5) is 9.93 Å². The van der Waals surface area contributed by atoms with Gasteiger partial charge in [-0.2, -0.15) is 0 Å². The van der Waals surface area contributed by atoms with Gasteiger partial charge in [-0.15, -0.1) is 11.3 Å². The molecule has 1 unspecified atom stereocenters. The fourth-order valence-electron chi connectivity index (χ4n) is 3.94. The molecular weight excluding hydrogens is 414 g/mol. The maximum absolute atomic E-state index is 13.3. The van der Waals surface area contributed by atoms with Gasteiger partial charge < -0.3 is 15.0 Å². The Morgan fingerprint density at radius 2 is 2.03 bits per heavy atom. The summed E-state index contributed by atoms with van der Waals surface area (Å²) in [7, 11) is 0. The Morgan fingerprint density at radius 3 is 2.74 bits per heavy atom. The van der Waals surface area contributed by atoms with Crippen LogP contribution in [-0.4, -0.2) is 78.7 Å². The third-order valence-corrected chi connectivity index (χ3v) is 6.55. The molecule has 2 aliphatic rings. The number of anilines is 1. The molecule has 1 N–H and O–H groups in total. The highest BCUT2D eigenvalue weighted by Crippen LogP contribution is 2.23. The lowest BCUT2D eigenvalue weighted by Crippen LogP contribution is -2.48. The van der Waals surface area contributed by atoms with Crippen molar-refractivity contribution in [1.29, 1.82) is 0 Å². The molecule has 9 heteroatoms. The van der Waals surface area contributed by atoms with Crippen molar-refractivity contribution >= 4 is 28.4 Å². The molecule has 0 saturated carbocycles. The third kappa shape index (κ3) is 5.61. The number of ether oxygens (including phenoxy) is 1. The molecule has 0 aliphatic carbocycles. The van der Waals surface area contributed by atoms with E-state index in [2.05, 4.69) is 34.3 Å². The number of morpholine rings is 1. The van der Waals surface area contributed by atoms with E-state index in [-0.39, 0.29) is 24.4 Å². The van der Waals surface area contributed by atoms with E-state index in [0.717, 1.165) is 38.4 Å². The van der Waals surface area contributed by atoms with E-state index >= 15 is 0 Å². The molecule has 3 heterocycles. The standard InChI is InChI=1S/C22H29N5O3S/c1-17(14-25-9-11-30-12-10-25)27(15-18-5-3-2-4-6-18)20(28)13-19-16-31-22(24-19)26-8-7-23-21(26)29/h2-6,16-17H,7-15H2,1H3,(H,23,29). The Labute approximate surface area is 186 Å². The summed E-state index contributed by atoms with van der Waals surface area (Å²) in [6.07, 6.45) is 0.228. The number of benzene rings is 1. The molecule has 2 aliphatic heterocycles. The van der Waals surface area contributed by atoms with Gasteiger partial charge in [-0.25, -0.2) is 9.78 Å². The first-order valence-corrected chi connectivity index (χ1v) is 11.6. The van der Waals surface area contributed by atoms with Crippen LogP contribution in [0.2, 0.25) is 0 Å². The van der Waals surface area contributed by atoms with Crippen molar-refractivity contribution in [3.8, 4) is 0 Å². The molecule has 8 nitrogen and oxygen atoms in total. The van der Waals surface area contributed by atoms with E-state index in [0.29, 0.717) is 30.5 Å². The number of nitrogens with one attached hydrogen (secondary N) is 1. The predicted octanol–water partition coefficient (Wildman–Crippen LogP) is 1.96. The van der Waals surface area contributed by atoms with Gasteiger partial charge in [0.25, 0.3) is 0 Å². The molecule has 31 heavy (non-hydrogen) atoms. The number of amides is 3. The van der Waals surface area contributed by atoms with Crippen LogP contribution in [-0.2, 0) is 22.5 Å². The first-order valence-electron chi connectivity index (χ1n) is 10.7. The minimum atomic E-state index is -0.128. The number of urea groups is 1. The maximum atomic E-state index is 13.3. The lowest BCUT2D eigenvalue weighted by molar-refractivity contribution is -0.133. The van der Waals surface area contributed by atoms with Crippen LogP contribution in [0.1, 0.15) is 18.2 Å². The molecule has 0 bridgehead atoms. The molecule has 1 aromatic carbocycles. The normalized spacial score (nSPS) is 18.1. The van der Waals surface area contributed by atoms with Gasteiger partial charge in [-0.05, 0) is 12.5 Å². The van der Waals surface area contributed by atoms with Crippen molar-refractivity contribution in [1.82, 2.24) is 20.1 Å². The number of rotatable bonds is 8. The van der Waals surface area contributed by atoms with Crippen molar-refractivity contribution in [3.63, 3.8) is 0 Å². The molecule has 166 valence electrons. The number of hydrogen-bond donors (Lipinski definition) is 1. The zero-order valence-corrected chi connectivity index (χ0v) is 18.6. The van der Waals surface area contributed by atoms with Crippen molar-refractivity contribution in [3.05, 3.63) is 47.0 Å². The zero-order valence-electron chi connectivity index (χ0n) is 17.8. The second kappa shape index (κ2) is 10.2. The number of carbonyl (C=O) groups excluding carboxylic acids is 2. The van der Waals surface area contributed by atoms with Gasteiger partial charge in [0.05, 0.1) is 25.3 Å². The van der Waals surface area contributed by atoms with Gasteiger partial charge in [0.1, 0.15) is 0 Å². The lowest BCUT2D eigenvalue weighted by atomic mass is 10.1. The third-order valence-electron chi connectivity index (χ3n) is 5.63. The topological polar surface area (TPSA) is 78.0 Å². The molecule has 4 rings (SSSR count). The van der Waals surface area contributed by atoms with Crippen LogP contribution in [0.25, 0.3) is 0 Å². The van der Waals surface area contributed by atoms with Crippen molar-refractivity contribution in [2.45, 2.75) is 25.9 Å². The van der Waals surface area contributed by atoms with Gasteiger partial charge in [-0.3, -0.25) is 14.6 Å². The summed E-state index contributed by atoms with van der Waals surface area (Å²) in [5.41, 5.74) is 1.82. The second-order valence-electron chi connectivity index (χ2n) is 7.95. The summed E-state index contributed by atoms with van der Waals surface area (Å²) in [6, 6.07) is 10.0. The Kier molecular flexibility index (Phi) is 7.16. The van der Waals surface area contributed by atoms with E-state index in [1.165, 1.54) is 11.3 Å². The average Bonchev–Trinajstić information content (AvgIpc) is 3.42. The van der Waals surface area contributed by atoms with Gasteiger partial charge >= 0.3 is 6.03 Å². The van der Waals surface area contributed by atoms with Gasteiger partial charge in [0.15, 0.2) is 5.13 Å². The molecule has 2 aromatic rings. The van der Waals surface area contributed by atoms with Crippen LogP contribution in [0, 0.1) is 0 Å². The summed E-state index contributed by atoms with van der Waals surface area (Å²) >= 11 is 1.41. The number of nitrogens with zero attached hydrogens (tertiary/aromatic N) is 4. The van der Waals surface area contributed by atoms with E-state index in [9.17, 15) is 9.59 Å². The van der Waals surface area contributed by atoms with E-state index in [4.69, 9.17) is 4.74 Å². The van der Waals surface area contributed by atoms with Crippen LogP contribution < -0.4 is 10.2 Å². The summed E-state index contributed by atoms with van der Waals surface area (Å²) < 4.78 is 5.45. The minimum Gasteiger partial charge on any atom is -0.379 e. The van der Waals surface area contributed by atoms with Crippen molar-refractivity contribution < 1.29 is 14.3 Å². The van der Waals surface area contributed by atoms with Crippen LogP contribution in [0.15, 0.2) is 35.7 Å². The van der Waals surface area contributed by atoms with Crippen LogP contribution in [0.3, 0.4) is 0 Å². The maximum Gasteiger partial charge on any atom is 0.323 e. The molecule has 3 amide bonds. The lowest BCUT2D eigenvalue weighted by Gasteiger charge is -2.35. The summed E-state index contributed by atoms with van der Waals surface area (Å²) in [6.45, 7) is 7.99. The van der Waals surface area contributed by atoms with Crippen molar-refractivity contribution in [2.75, 3.05) is 50.8 Å². The Hall–Kier alpha value is -2.49. The van der Waals surface area contributed by atoms with Crippen LogP contribution >= 0.6 is 11.3 Å². The number of carbonyl (C=O) groups is 2. The van der Waals surface area contributed by atoms with Gasteiger partial charge in [0.2, 0.25) is 5.91 Å².